The van der Waals surface area contributed by atoms with Gasteiger partial charge in [-0.1, -0.05) is 11.6 Å². The third-order valence-electron chi connectivity index (χ3n) is 1.73. The standard InChI is InChI=1S/C10H8ClN3OS/c11-8-3-1-7(16-8)2-4-9(15)14-10-12-5-6-13-10/h1-6H,(H2,12,13,14,15). The number of halogens is 1. The minimum atomic E-state index is -0.237. The van der Waals surface area contributed by atoms with E-state index >= 15 is 0 Å². The van der Waals surface area contributed by atoms with Crippen LogP contribution in [0.1, 0.15) is 4.88 Å². The highest BCUT2D eigenvalue weighted by Crippen LogP contribution is 2.22. The lowest BCUT2D eigenvalue weighted by Gasteiger charge is -1.94. The molecule has 0 aromatic carbocycles. The Morgan fingerprint density at radius 3 is 3.06 bits per heavy atom. The molecule has 0 fully saturated rings. The molecular weight excluding hydrogens is 246 g/mol. The van der Waals surface area contributed by atoms with Crippen LogP contribution < -0.4 is 5.32 Å². The van der Waals surface area contributed by atoms with Crippen molar-refractivity contribution in [3.8, 4) is 0 Å². The van der Waals surface area contributed by atoms with Gasteiger partial charge in [-0.3, -0.25) is 10.1 Å². The average Bonchev–Trinajstić information content (AvgIpc) is 2.87. The molecule has 0 saturated carbocycles. The second-order valence-corrected chi connectivity index (χ2v) is 4.65. The van der Waals surface area contributed by atoms with E-state index in [1.165, 1.54) is 17.4 Å². The summed E-state index contributed by atoms with van der Waals surface area (Å²) in [5.41, 5.74) is 0. The maximum absolute atomic E-state index is 11.4. The first-order chi connectivity index (χ1) is 7.74. The first kappa shape index (κ1) is 10.9. The van der Waals surface area contributed by atoms with Gasteiger partial charge in [-0.25, -0.2) is 4.98 Å². The van der Waals surface area contributed by atoms with Crippen LogP contribution in [0.5, 0.6) is 0 Å². The van der Waals surface area contributed by atoms with Crippen molar-refractivity contribution in [3.63, 3.8) is 0 Å². The number of nitrogens with one attached hydrogen (secondary N) is 2. The fourth-order valence-electron chi connectivity index (χ4n) is 1.07. The highest BCUT2D eigenvalue weighted by Gasteiger charge is 1.99. The molecule has 2 rings (SSSR count). The summed E-state index contributed by atoms with van der Waals surface area (Å²) in [7, 11) is 0. The minimum absolute atomic E-state index is 0.237. The van der Waals surface area contributed by atoms with Gasteiger partial charge in [0.1, 0.15) is 0 Å². The Bertz CT molecular complexity index is 504. The highest BCUT2D eigenvalue weighted by atomic mass is 35.5. The quantitative estimate of drug-likeness (QED) is 0.827. The largest absolute Gasteiger partial charge is 0.331 e. The molecular formula is C10H8ClN3OS. The van der Waals surface area contributed by atoms with E-state index in [0.29, 0.717) is 10.3 Å². The van der Waals surface area contributed by atoms with Crippen molar-refractivity contribution in [2.75, 3.05) is 5.32 Å². The van der Waals surface area contributed by atoms with E-state index in [4.69, 9.17) is 11.6 Å². The zero-order valence-corrected chi connectivity index (χ0v) is 9.68. The molecule has 0 aliphatic rings. The normalized spacial score (nSPS) is 10.8. The predicted molar refractivity (Wildman–Crippen MR) is 65.6 cm³/mol. The van der Waals surface area contributed by atoms with Crippen molar-refractivity contribution in [1.29, 1.82) is 0 Å². The second-order valence-electron chi connectivity index (χ2n) is 2.90. The topological polar surface area (TPSA) is 57.8 Å². The summed E-state index contributed by atoms with van der Waals surface area (Å²) < 4.78 is 0.700. The maximum atomic E-state index is 11.4. The van der Waals surface area contributed by atoms with Gasteiger partial charge < -0.3 is 4.98 Å². The summed E-state index contributed by atoms with van der Waals surface area (Å²) in [5, 5.41) is 2.58. The molecule has 2 aromatic rings. The highest BCUT2D eigenvalue weighted by molar-refractivity contribution is 7.17. The maximum Gasteiger partial charge on any atom is 0.250 e. The van der Waals surface area contributed by atoms with Gasteiger partial charge in [-0.05, 0) is 18.2 Å². The third-order valence-corrected chi connectivity index (χ3v) is 2.93. The summed E-state index contributed by atoms with van der Waals surface area (Å²) in [6.45, 7) is 0. The first-order valence-electron chi connectivity index (χ1n) is 4.48. The number of rotatable bonds is 3. The number of hydrogen-bond donors (Lipinski definition) is 2. The van der Waals surface area contributed by atoms with Crippen molar-refractivity contribution in [1.82, 2.24) is 9.97 Å². The van der Waals surface area contributed by atoms with Crippen molar-refractivity contribution >= 4 is 40.9 Å². The van der Waals surface area contributed by atoms with Crippen LogP contribution in [0.25, 0.3) is 6.08 Å². The van der Waals surface area contributed by atoms with Gasteiger partial charge in [-0.15, -0.1) is 11.3 Å². The van der Waals surface area contributed by atoms with Gasteiger partial charge in [0.25, 0.3) is 5.91 Å². The molecule has 0 bridgehead atoms. The Kier molecular flexibility index (Phi) is 3.38. The molecule has 82 valence electrons. The number of nitrogens with zero attached hydrogens (tertiary/aromatic N) is 1. The van der Waals surface area contributed by atoms with Gasteiger partial charge in [0, 0.05) is 23.3 Å². The number of aromatic nitrogens is 2. The van der Waals surface area contributed by atoms with Crippen LogP contribution in [0.2, 0.25) is 4.34 Å². The molecule has 0 atom stereocenters. The van der Waals surface area contributed by atoms with Gasteiger partial charge in [-0.2, -0.15) is 0 Å². The molecule has 2 N–H and O–H groups in total. The number of carbonyl (C=O) groups excluding carboxylic acids is 1. The van der Waals surface area contributed by atoms with Crippen molar-refractivity contribution in [2.24, 2.45) is 0 Å². The van der Waals surface area contributed by atoms with E-state index in [-0.39, 0.29) is 5.91 Å². The minimum Gasteiger partial charge on any atom is -0.331 e. The van der Waals surface area contributed by atoms with Gasteiger partial charge >= 0.3 is 0 Å². The fraction of sp³-hybridized carbons (Fsp3) is 0. The number of aromatic amines is 1. The Balaban J connectivity index is 1.94. The fourth-order valence-corrected chi connectivity index (χ4v) is 2.03. The van der Waals surface area contributed by atoms with E-state index in [9.17, 15) is 4.79 Å². The van der Waals surface area contributed by atoms with Gasteiger partial charge in [0.15, 0.2) is 0 Å². The van der Waals surface area contributed by atoms with Crippen molar-refractivity contribution in [3.05, 3.63) is 39.8 Å². The summed E-state index contributed by atoms with van der Waals surface area (Å²) >= 11 is 7.17. The molecule has 0 aliphatic heterocycles. The smallest absolute Gasteiger partial charge is 0.250 e. The average molecular weight is 254 g/mol. The number of imidazole rings is 1. The monoisotopic (exact) mass is 253 g/mol. The molecule has 0 spiro atoms. The summed E-state index contributed by atoms with van der Waals surface area (Å²) in [6.07, 6.45) is 6.34. The number of H-pyrrole nitrogens is 1. The Morgan fingerprint density at radius 2 is 2.44 bits per heavy atom. The SMILES string of the molecule is O=C(C=Cc1ccc(Cl)s1)Nc1ncc[nH]1. The third kappa shape index (κ3) is 2.95. The lowest BCUT2D eigenvalue weighted by Crippen LogP contribution is -2.08. The lowest BCUT2D eigenvalue weighted by molar-refractivity contribution is -0.111. The second kappa shape index (κ2) is 4.96. The number of carbonyl (C=O) groups is 1. The summed E-state index contributed by atoms with van der Waals surface area (Å²) in [4.78, 5) is 19.0. The van der Waals surface area contributed by atoms with Crippen LogP contribution >= 0.6 is 22.9 Å². The van der Waals surface area contributed by atoms with Crippen LogP contribution in [0.15, 0.2) is 30.6 Å². The van der Waals surface area contributed by atoms with Gasteiger partial charge in [0.05, 0.1) is 4.34 Å². The Hall–Kier alpha value is -1.59. The molecule has 0 radical (unpaired) electrons. The molecule has 2 aromatic heterocycles. The van der Waals surface area contributed by atoms with Crippen molar-refractivity contribution in [2.45, 2.75) is 0 Å². The van der Waals surface area contributed by atoms with Crippen LogP contribution in [0.3, 0.4) is 0 Å². The van der Waals surface area contributed by atoms with E-state index < -0.39 is 0 Å². The summed E-state index contributed by atoms with van der Waals surface area (Å²) in [5.74, 6) is 0.193. The molecule has 1 amide bonds. The molecule has 4 nitrogen and oxygen atoms in total. The number of thiophene rings is 1. The molecule has 0 unspecified atom stereocenters. The molecule has 16 heavy (non-hydrogen) atoms. The van der Waals surface area contributed by atoms with Crippen LogP contribution in [-0.2, 0) is 4.79 Å². The summed E-state index contributed by atoms with van der Waals surface area (Å²) in [6, 6.07) is 3.64. The zero-order valence-electron chi connectivity index (χ0n) is 8.11. The van der Waals surface area contributed by atoms with Crippen LogP contribution in [0, 0.1) is 0 Å². The van der Waals surface area contributed by atoms with E-state index in [0.717, 1.165) is 4.88 Å². The molecule has 0 saturated heterocycles. The van der Waals surface area contributed by atoms with Crippen molar-refractivity contribution < 1.29 is 4.79 Å². The zero-order chi connectivity index (χ0) is 11.4. The molecule has 2 heterocycles. The number of amides is 1. The van der Waals surface area contributed by atoms with E-state index in [1.54, 1.807) is 24.5 Å². The predicted octanol–water partition coefficient (Wildman–Crippen LogP) is 2.78. The number of hydrogen-bond acceptors (Lipinski definition) is 3. The first-order valence-corrected chi connectivity index (χ1v) is 5.67. The molecule has 6 heteroatoms. The van der Waals surface area contributed by atoms with Crippen LogP contribution in [0.4, 0.5) is 5.95 Å². The lowest BCUT2D eigenvalue weighted by atomic mass is 10.4. The number of anilines is 1. The molecule has 0 aliphatic carbocycles. The van der Waals surface area contributed by atoms with E-state index in [1.807, 2.05) is 6.07 Å². The van der Waals surface area contributed by atoms with Gasteiger partial charge in [0.2, 0.25) is 5.95 Å². The Morgan fingerprint density at radius 1 is 1.56 bits per heavy atom. The Labute approximate surface area is 101 Å². The van der Waals surface area contributed by atoms with E-state index in [2.05, 4.69) is 15.3 Å². The van der Waals surface area contributed by atoms with Crippen LogP contribution in [-0.4, -0.2) is 15.9 Å².